The SMILES string of the molecule is COc1ccc(/C(O)=C2\C(=O)C(=O)N(Cc3ccncc3)C2c2ccc(C)cc2)cc1. The van der Waals surface area contributed by atoms with E-state index in [0.717, 1.165) is 16.7 Å². The summed E-state index contributed by atoms with van der Waals surface area (Å²) in [5, 5.41) is 11.1. The van der Waals surface area contributed by atoms with E-state index in [1.54, 1.807) is 55.9 Å². The number of nitrogens with zero attached hydrogens (tertiary/aromatic N) is 2. The molecule has 1 N–H and O–H groups in total. The number of amides is 1. The number of methoxy groups -OCH3 is 1. The maximum absolute atomic E-state index is 13.0. The average Bonchev–Trinajstić information content (AvgIpc) is 3.05. The molecule has 6 heteroatoms. The smallest absolute Gasteiger partial charge is 0.295 e. The number of carbonyl (C=O) groups excluding carboxylic acids is 2. The number of likely N-dealkylation sites (tertiary alicyclic amines) is 1. The summed E-state index contributed by atoms with van der Waals surface area (Å²) in [6.07, 6.45) is 3.29. The van der Waals surface area contributed by atoms with Crippen molar-refractivity contribution in [3.8, 4) is 5.75 Å². The number of aliphatic hydroxyl groups is 1. The van der Waals surface area contributed by atoms with Crippen LogP contribution in [-0.2, 0) is 16.1 Å². The standard InChI is InChI=1S/C25H22N2O4/c1-16-3-5-18(6-4-16)22-21(23(28)19-7-9-20(31-2)10-8-19)24(29)25(30)27(22)15-17-11-13-26-14-12-17/h3-14,22,28H,15H2,1-2H3/b23-21+. The molecule has 2 heterocycles. The summed E-state index contributed by atoms with van der Waals surface area (Å²) in [5.41, 5.74) is 3.19. The van der Waals surface area contributed by atoms with E-state index in [4.69, 9.17) is 4.74 Å². The van der Waals surface area contributed by atoms with Gasteiger partial charge in [0, 0.05) is 24.5 Å². The van der Waals surface area contributed by atoms with Crippen LogP contribution >= 0.6 is 0 Å². The first kappa shape index (κ1) is 20.3. The molecule has 3 aromatic rings. The first-order valence-electron chi connectivity index (χ1n) is 9.88. The van der Waals surface area contributed by atoms with Crippen molar-refractivity contribution in [3.05, 3.63) is 101 Å². The second-order valence-corrected chi connectivity index (χ2v) is 7.42. The molecule has 0 bridgehead atoms. The summed E-state index contributed by atoms with van der Waals surface area (Å²) < 4.78 is 5.17. The predicted octanol–water partition coefficient (Wildman–Crippen LogP) is 4.02. The Morgan fingerprint density at radius 1 is 1.00 bits per heavy atom. The van der Waals surface area contributed by atoms with Gasteiger partial charge in [0.2, 0.25) is 0 Å². The Hall–Kier alpha value is -3.93. The molecule has 6 nitrogen and oxygen atoms in total. The molecule has 0 spiro atoms. The Bertz CT molecular complexity index is 1140. The first-order chi connectivity index (χ1) is 15.0. The number of carbonyl (C=O) groups is 2. The van der Waals surface area contributed by atoms with E-state index in [1.807, 2.05) is 31.2 Å². The third-order valence-electron chi connectivity index (χ3n) is 5.40. The van der Waals surface area contributed by atoms with Crippen molar-refractivity contribution in [1.29, 1.82) is 0 Å². The fraction of sp³-hybridized carbons (Fsp3) is 0.160. The molecule has 0 radical (unpaired) electrons. The average molecular weight is 414 g/mol. The highest BCUT2D eigenvalue weighted by molar-refractivity contribution is 6.46. The molecule has 1 aromatic heterocycles. The van der Waals surface area contributed by atoms with Crippen LogP contribution in [0.4, 0.5) is 0 Å². The third-order valence-corrected chi connectivity index (χ3v) is 5.40. The summed E-state index contributed by atoms with van der Waals surface area (Å²) >= 11 is 0. The molecule has 156 valence electrons. The highest BCUT2D eigenvalue weighted by Gasteiger charge is 2.46. The molecule has 1 saturated heterocycles. The lowest BCUT2D eigenvalue weighted by atomic mass is 9.94. The van der Waals surface area contributed by atoms with E-state index >= 15 is 0 Å². The Labute approximate surface area is 180 Å². The predicted molar refractivity (Wildman–Crippen MR) is 116 cm³/mol. The molecule has 1 amide bonds. The molecule has 0 aliphatic carbocycles. The van der Waals surface area contributed by atoms with Crippen LogP contribution in [-0.4, -0.2) is 33.8 Å². The maximum Gasteiger partial charge on any atom is 0.295 e. The monoisotopic (exact) mass is 414 g/mol. The van der Waals surface area contributed by atoms with E-state index < -0.39 is 17.7 Å². The van der Waals surface area contributed by atoms with Crippen molar-refractivity contribution in [2.24, 2.45) is 0 Å². The summed E-state index contributed by atoms with van der Waals surface area (Å²) in [4.78, 5) is 31.6. The van der Waals surface area contributed by atoms with Gasteiger partial charge in [-0.05, 0) is 54.4 Å². The van der Waals surface area contributed by atoms with Crippen LogP contribution in [0.15, 0.2) is 78.6 Å². The van der Waals surface area contributed by atoms with Gasteiger partial charge in [-0.25, -0.2) is 0 Å². The zero-order valence-corrected chi connectivity index (χ0v) is 17.3. The minimum atomic E-state index is -0.701. The van der Waals surface area contributed by atoms with E-state index in [9.17, 15) is 14.7 Å². The number of aromatic nitrogens is 1. The van der Waals surface area contributed by atoms with Crippen LogP contribution in [0.25, 0.3) is 5.76 Å². The van der Waals surface area contributed by atoms with E-state index in [0.29, 0.717) is 11.3 Å². The largest absolute Gasteiger partial charge is 0.507 e. The number of rotatable bonds is 5. The van der Waals surface area contributed by atoms with Crippen LogP contribution < -0.4 is 4.74 Å². The fourth-order valence-electron chi connectivity index (χ4n) is 3.73. The number of pyridine rings is 1. The molecule has 1 unspecified atom stereocenters. The summed E-state index contributed by atoms with van der Waals surface area (Å²) in [6, 6.07) is 17.2. The summed E-state index contributed by atoms with van der Waals surface area (Å²) in [6.45, 7) is 2.19. The van der Waals surface area contributed by atoms with Gasteiger partial charge in [0.05, 0.1) is 18.7 Å². The molecule has 1 fully saturated rings. The van der Waals surface area contributed by atoms with Crippen molar-refractivity contribution in [1.82, 2.24) is 9.88 Å². The van der Waals surface area contributed by atoms with Crippen LogP contribution in [0.2, 0.25) is 0 Å². The van der Waals surface area contributed by atoms with Crippen LogP contribution in [0, 0.1) is 6.92 Å². The Balaban J connectivity index is 1.84. The van der Waals surface area contributed by atoms with Gasteiger partial charge in [0.25, 0.3) is 11.7 Å². The van der Waals surface area contributed by atoms with Crippen molar-refractivity contribution in [3.63, 3.8) is 0 Å². The Kier molecular flexibility index (Phi) is 5.54. The zero-order chi connectivity index (χ0) is 22.0. The number of ether oxygens (including phenoxy) is 1. The molecule has 1 atom stereocenters. The minimum absolute atomic E-state index is 0.0769. The van der Waals surface area contributed by atoms with Crippen LogP contribution in [0.5, 0.6) is 5.75 Å². The van der Waals surface area contributed by atoms with Gasteiger partial charge >= 0.3 is 0 Å². The number of Topliss-reactive ketones (excluding diaryl/α,β-unsaturated/α-hetero) is 1. The third kappa shape index (κ3) is 3.92. The number of benzene rings is 2. The molecule has 4 rings (SSSR count). The van der Waals surface area contributed by atoms with Gasteiger partial charge < -0.3 is 14.7 Å². The van der Waals surface area contributed by atoms with Gasteiger partial charge in [0.15, 0.2) is 0 Å². The topological polar surface area (TPSA) is 79.7 Å². The molecule has 0 saturated carbocycles. The van der Waals surface area contributed by atoms with Gasteiger partial charge in [-0.3, -0.25) is 14.6 Å². The number of aryl methyl sites for hydroxylation is 1. The molecular formula is C25H22N2O4. The molecular weight excluding hydrogens is 392 g/mol. The molecule has 2 aromatic carbocycles. The number of hydrogen-bond donors (Lipinski definition) is 1. The van der Waals surface area contributed by atoms with E-state index in [2.05, 4.69) is 4.98 Å². The van der Waals surface area contributed by atoms with Crippen molar-refractivity contribution in [2.45, 2.75) is 19.5 Å². The van der Waals surface area contributed by atoms with Gasteiger partial charge in [-0.2, -0.15) is 0 Å². The normalized spacial score (nSPS) is 17.7. The van der Waals surface area contributed by atoms with Crippen LogP contribution in [0.3, 0.4) is 0 Å². The highest BCUT2D eigenvalue weighted by Crippen LogP contribution is 2.40. The fourth-order valence-corrected chi connectivity index (χ4v) is 3.73. The number of aliphatic hydroxyl groups excluding tert-OH is 1. The first-order valence-corrected chi connectivity index (χ1v) is 9.88. The quantitative estimate of drug-likeness (QED) is 0.388. The summed E-state index contributed by atoms with van der Waals surface area (Å²) in [5.74, 6) is -0.918. The van der Waals surface area contributed by atoms with Crippen molar-refractivity contribution >= 4 is 17.4 Å². The zero-order valence-electron chi connectivity index (χ0n) is 17.3. The lowest BCUT2D eigenvalue weighted by molar-refractivity contribution is -0.140. The minimum Gasteiger partial charge on any atom is -0.507 e. The van der Waals surface area contributed by atoms with Gasteiger partial charge in [-0.15, -0.1) is 0 Å². The van der Waals surface area contributed by atoms with Gasteiger partial charge in [-0.1, -0.05) is 29.8 Å². The Morgan fingerprint density at radius 2 is 1.65 bits per heavy atom. The van der Waals surface area contributed by atoms with Crippen molar-refractivity contribution in [2.75, 3.05) is 7.11 Å². The van der Waals surface area contributed by atoms with Crippen LogP contribution in [0.1, 0.15) is 28.3 Å². The van der Waals surface area contributed by atoms with Gasteiger partial charge in [0.1, 0.15) is 11.5 Å². The van der Waals surface area contributed by atoms with E-state index in [1.165, 1.54) is 4.90 Å². The second-order valence-electron chi connectivity index (χ2n) is 7.42. The molecule has 1 aliphatic heterocycles. The summed E-state index contributed by atoms with van der Waals surface area (Å²) in [7, 11) is 1.55. The number of hydrogen-bond acceptors (Lipinski definition) is 5. The lowest BCUT2D eigenvalue weighted by Gasteiger charge is -2.25. The molecule has 1 aliphatic rings. The maximum atomic E-state index is 13.0. The second kappa shape index (κ2) is 8.44. The highest BCUT2D eigenvalue weighted by atomic mass is 16.5. The van der Waals surface area contributed by atoms with Crippen molar-refractivity contribution < 1.29 is 19.4 Å². The van der Waals surface area contributed by atoms with E-state index in [-0.39, 0.29) is 17.9 Å². The lowest BCUT2D eigenvalue weighted by Crippen LogP contribution is -2.29. The molecule has 31 heavy (non-hydrogen) atoms. The number of ketones is 1. The Morgan fingerprint density at radius 3 is 2.26 bits per heavy atom.